The molecule has 0 aliphatic carbocycles. The highest BCUT2D eigenvalue weighted by Crippen LogP contribution is 2.28. The average Bonchev–Trinajstić information content (AvgIpc) is 3.28. The number of aliphatic imine (C=N–C) groups is 1. The molecule has 27 heavy (non-hydrogen) atoms. The van der Waals surface area contributed by atoms with Crippen molar-refractivity contribution in [2.24, 2.45) is 4.99 Å². The Morgan fingerprint density at radius 3 is 2.74 bits per heavy atom. The molecule has 1 aromatic carbocycles. The molecular weight excluding hydrogens is 469 g/mol. The molecule has 0 saturated heterocycles. The number of anilines is 1. The van der Waals surface area contributed by atoms with E-state index in [1.165, 1.54) is 11.3 Å². The fourth-order valence-corrected chi connectivity index (χ4v) is 4.12. The van der Waals surface area contributed by atoms with Crippen molar-refractivity contribution in [2.45, 2.75) is 45.7 Å². The third-order valence-corrected chi connectivity index (χ3v) is 5.68. The van der Waals surface area contributed by atoms with Gasteiger partial charge >= 0.3 is 0 Å². The number of hydrogen-bond donors (Lipinski definition) is 2. The van der Waals surface area contributed by atoms with E-state index in [9.17, 15) is 0 Å². The molecule has 2 heterocycles. The van der Waals surface area contributed by atoms with Gasteiger partial charge in [-0.15, -0.1) is 35.3 Å². The van der Waals surface area contributed by atoms with E-state index in [1.807, 2.05) is 7.05 Å². The summed E-state index contributed by atoms with van der Waals surface area (Å²) in [5.41, 5.74) is 3.98. The molecule has 0 bridgehead atoms. The molecule has 1 atom stereocenters. The number of para-hydroxylation sites is 1. The molecule has 1 unspecified atom stereocenters. The Balaban J connectivity index is 0.00000261. The molecule has 7 heteroatoms. The van der Waals surface area contributed by atoms with Crippen LogP contribution in [0.5, 0.6) is 0 Å². The van der Waals surface area contributed by atoms with Crippen molar-refractivity contribution >= 4 is 47.0 Å². The molecule has 0 radical (unpaired) electrons. The topological polar surface area (TPSA) is 52.6 Å². The Morgan fingerprint density at radius 1 is 1.26 bits per heavy atom. The van der Waals surface area contributed by atoms with Crippen LogP contribution in [0.4, 0.5) is 5.69 Å². The lowest BCUT2D eigenvalue weighted by molar-refractivity contribution is 0.625. The fraction of sp³-hybridized carbons (Fsp3) is 0.500. The Morgan fingerprint density at radius 2 is 2.04 bits per heavy atom. The van der Waals surface area contributed by atoms with Crippen LogP contribution < -0.4 is 15.5 Å². The van der Waals surface area contributed by atoms with E-state index in [0.717, 1.165) is 36.2 Å². The predicted molar refractivity (Wildman–Crippen MR) is 127 cm³/mol. The summed E-state index contributed by atoms with van der Waals surface area (Å²) in [7, 11) is 1.81. The molecular formula is C20H30IN5S. The molecule has 1 aliphatic rings. The largest absolute Gasteiger partial charge is 0.366 e. The van der Waals surface area contributed by atoms with E-state index in [0.29, 0.717) is 18.5 Å². The maximum absolute atomic E-state index is 4.66. The first-order chi connectivity index (χ1) is 12.6. The SMILES string of the molecule is CN=C(NCc1nc(C(C)C)cs1)NCC(C)N1CCc2ccccc21.I. The van der Waals surface area contributed by atoms with Gasteiger partial charge in [-0.3, -0.25) is 4.99 Å². The van der Waals surface area contributed by atoms with Gasteiger partial charge in [0, 0.05) is 37.2 Å². The molecule has 5 nitrogen and oxygen atoms in total. The number of nitrogens with one attached hydrogen (secondary N) is 2. The van der Waals surface area contributed by atoms with Crippen molar-refractivity contribution in [3.8, 4) is 0 Å². The molecule has 0 amide bonds. The highest BCUT2D eigenvalue weighted by atomic mass is 127. The zero-order valence-corrected chi connectivity index (χ0v) is 19.7. The molecule has 0 saturated carbocycles. The second-order valence-corrected chi connectivity index (χ2v) is 7.99. The minimum Gasteiger partial charge on any atom is -0.366 e. The number of fused-ring (bicyclic) bond motifs is 1. The van der Waals surface area contributed by atoms with E-state index >= 15 is 0 Å². The van der Waals surface area contributed by atoms with Gasteiger partial charge in [-0.25, -0.2) is 4.98 Å². The monoisotopic (exact) mass is 499 g/mol. The van der Waals surface area contributed by atoms with Gasteiger partial charge in [0.05, 0.1) is 12.2 Å². The average molecular weight is 499 g/mol. The summed E-state index contributed by atoms with van der Waals surface area (Å²) in [5.74, 6) is 1.30. The van der Waals surface area contributed by atoms with E-state index in [4.69, 9.17) is 0 Å². The van der Waals surface area contributed by atoms with Gasteiger partial charge in [-0.05, 0) is 30.9 Å². The molecule has 0 fully saturated rings. The van der Waals surface area contributed by atoms with E-state index < -0.39 is 0 Å². The zero-order valence-electron chi connectivity index (χ0n) is 16.5. The summed E-state index contributed by atoms with van der Waals surface area (Å²) in [6, 6.07) is 9.11. The lowest BCUT2D eigenvalue weighted by Crippen LogP contribution is -2.45. The zero-order chi connectivity index (χ0) is 18.5. The minimum absolute atomic E-state index is 0. The van der Waals surface area contributed by atoms with Crippen LogP contribution in [0.3, 0.4) is 0 Å². The van der Waals surface area contributed by atoms with Crippen molar-refractivity contribution in [1.82, 2.24) is 15.6 Å². The Labute approximate surface area is 183 Å². The number of benzene rings is 1. The number of thiazole rings is 1. The summed E-state index contributed by atoms with van der Waals surface area (Å²) >= 11 is 1.70. The molecule has 1 aromatic heterocycles. The second kappa shape index (κ2) is 10.3. The number of aromatic nitrogens is 1. The summed E-state index contributed by atoms with van der Waals surface area (Å²) in [4.78, 5) is 11.5. The van der Waals surface area contributed by atoms with E-state index in [1.54, 1.807) is 11.3 Å². The molecule has 3 rings (SSSR count). The van der Waals surface area contributed by atoms with E-state index in [2.05, 4.69) is 75.9 Å². The van der Waals surface area contributed by atoms with Crippen LogP contribution in [-0.4, -0.2) is 37.1 Å². The number of halogens is 1. The maximum Gasteiger partial charge on any atom is 0.191 e. The van der Waals surface area contributed by atoms with Gasteiger partial charge in [-0.1, -0.05) is 32.0 Å². The molecule has 0 spiro atoms. The quantitative estimate of drug-likeness (QED) is 0.359. The molecule has 1 aliphatic heterocycles. The molecule has 148 valence electrons. The van der Waals surface area contributed by atoms with Crippen molar-refractivity contribution in [2.75, 3.05) is 25.0 Å². The summed E-state index contributed by atoms with van der Waals surface area (Å²) in [6.07, 6.45) is 1.13. The minimum atomic E-state index is 0. The van der Waals surface area contributed by atoms with E-state index in [-0.39, 0.29) is 24.0 Å². The second-order valence-electron chi connectivity index (χ2n) is 7.05. The fourth-order valence-electron chi connectivity index (χ4n) is 3.23. The van der Waals surface area contributed by atoms with Crippen LogP contribution in [0.2, 0.25) is 0 Å². The van der Waals surface area contributed by atoms with Crippen molar-refractivity contribution in [3.63, 3.8) is 0 Å². The van der Waals surface area contributed by atoms with Crippen LogP contribution >= 0.6 is 35.3 Å². The van der Waals surface area contributed by atoms with Gasteiger partial charge in [0.1, 0.15) is 5.01 Å². The van der Waals surface area contributed by atoms with Crippen LogP contribution in [0.15, 0.2) is 34.6 Å². The van der Waals surface area contributed by atoms with Gasteiger partial charge in [-0.2, -0.15) is 0 Å². The maximum atomic E-state index is 4.66. The first kappa shape index (κ1) is 21.9. The normalized spacial score (nSPS) is 14.7. The van der Waals surface area contributed by atoms with Crippen molar-refractivity contribution in [3.05, 3.63) is 45.9 Å². The predicted octanol–water partition coefficient (Wildman–Crippen LogP) is 4.00. The first-order valence-corrected chi connectivity index (χ1v) is 10.2. The number of hydrogen-bond acceptors (Lipinski definition) is 4. The Bertz CT molecular complexity index is 758. The smallest absolute Gasteiger partial charge is 0.191 e. The number of guanidine groups is 1. The third-order valence-electron chi connectivity index (χ3n) is 4.81. The molecule has 2 N–H and O–H groups in total. The Hall–Kier alpha value is -1.35. The van der Waals surface area contributed by atoms with Crippen LogP contribution in [-0.2, 0) is 13.0 Å². The lowest BCUT2D eigenvalue weighted by Gasteiger charge is -2.28. The van der Waals surface area contributed by atoms with Crippen LogP contribution in [0.25, 0.3) is 0 Å². The van der Waals surface area contributed by atoms with Gasteiger partial charge in [0.2, 0.25) is 0 Å². The highest BCUT2D eigenvalue weighted by Gasteiger charge is 2.22. The van der Waals surface area contributed by atoms with Crippen LogP contribution in [0.1, 0.15) is 43.0 Å². The Kier molecular flexibility index (Phi) is 8.34. The van der Waals surface area contributed by atoms with Gasteiger partial charge in [0.25, 0.3) is 0 Å². The van der Waals surface area contributed by atoms with Gasteiger partial charge < -0.3 is 15.5 Å². The lowest BCUT2D eigenvalue weighted by atomic mass is 10.2. The van der Waals surface area contributed by atoms with Crippen molar-refractivity contribution in [1.29, 1.82) is 0 Å². The number of nitrogens with zero attached hydrogens (tertiary/aromatic N) is 3. The number of rotatable bonds is 6. The standard InChI is InChI=1S/C20H29N5S.HI/c1-14(2)17-13-26-19(24-17)12-23-20(21-4)22-11-15(3)25-10-9-16-7-5-6-8-18(16)25;/h5-8,13-15H,9-12H2,1-4H3,(H2,21,22,23);1H. The van der Waals surface area contributed by atoms with Gasteiger partial charge in [0.15, 0.2) is 5.96 Å². The summed E-state index contributed by atoms with van der Waals surface area (Å²) in [5, 5.41) is 10.1. The van der Waals surface area contributed by atoms with Crippen molar-refractivity contribution < 1.29 is 0 Å². The van der Waals surface area contributed by atoms with Crippen LogP contribution in [0, 0.1) is 0 Å². The molecule has 2 aromatic rings. The summed E-state index contributed by atoms with van der Waals surface area (Å²) < 4.78 is 0. The summed E-state index contributed by atoms with van der Waals surface area (Å²) in [6.45, 7) is 9.25. The third kappa shape index (κ3) is 5.57. The highest BCUT2D eigenvalue weighted by molar-refractivity contribution is 14.0. The first-order valence-electron chi connectivity index (χ1n) is 9.32.